The summed E-state index contributed by atoms with van der Waals surface area (Å²) in [6.45, 7) is 0. The molecule has 0 aliphatic carbocycles. The summed E-state index contributed by atoms with van der Waals surface area (Å²) >= 11 is 0. The number of hydrogen-bond donors (Lipinski definition) is 3. The molecule has 0 fully saturated rings. The van der Waals surface area contributed by atoms with Gasteiger partial charge >= 0.3 is 0 Å². The number of para-hydroxylation sites is 1. The Morgan fingerprint density at radius 3 is 1.65 bits per heavy atom. The van der Waals surface area contributed by atoms with Crippen LogP contribution >= 0.6 is 0 Å². The molecule has 0 radical (unpaired) electrons. The van der Waals surface area contributed by atoms with Crippen molar-refractivity contribution in [2.75, 3.05) is 0 Å². The van der Waals surface area contributed by atoms with Crippen molar-refractivity contribution in [3.05, 3.63) is 107 Å². The van der Waals surface area contributed by atoms with E-state index < -0.39 is 0 Å². The quantitative estimate of drug-likeness (QED) is 0.261. The lowest BCUT2D eigenvalue weighted by Crippen LogP contribution is -2.13. The van der Waals surface area contributed by atoms with Crippen molar-refractivity contribution >= 4 is 52.4 Å². The first kappa shape index (κ1) is 19.8. The number of benzene rings is 1. The molecule has 6 nitrogen and oxygen atoms in total. The van der Waals surface area contributed by atoms with Crippen LogP contribution in [0.25, 0.3) is 52.4 Å². The lowest BCUT2D eigenvalue weighted by molar-refractivity contribution is 0.239. The maximum absolute atomic E-state index is 5.09. The summed E-state index contributed by atoms with van der Waals surface area (Å²) in [7, 11) is 0. The first-order valence-electron chi connectivity index (χ1n) is 11.0. The van der Waals surface area contributed by atoms with Crippen molar-refractivity contribution in [1.29, 1.82) is 0 Å². The zero-order valence-corrected chi connectivity index (χ0v) is 18.2. The molecule has 0 atom stereocenters. The first-order valence-corrected chi connectivity index (χ1v) is 11.0. The van der Waals surface area contributed by atoms with E-state index in [2.05, 4.69) is 55.7 Å². The van der Waals surface area contributed by atoms with Gasteiger partial charge in [-0.05, 0) is 85.0 Å². The molecule has 0 saturated carbocycles. The summed E-state index contributed by atoms with van der Waals surface area (Å²) in [6, 6.07) is 24.3. The Labute approximate surface area is 196 Å². The molecular weight excluding hydrogens is 422 g/mol. The van der Waals surface area contributed by atoms with Crippen LogP contribution in [0, 0.1) is 0 Å². The van der Waals surface area contributed by atoms with Crippen LogP contribution in [0.1, 0.15) is 28.3 Å². The Kier molecular flexibility index (Phi) is 5.01. The second-order valence-corrected chi connectivity index (χ2v) is 8.00. The van der Waals surface area contributed by atoms with Crippen LogP contribution in [0.5, 0.6) is 5.75 Å². The van der Waals surface area contributed by atoms with Gasteiger partial charge in [0.1, 0.15) is 0 Å². The molecule has 3 aliphatic rings. The smallest absolute Gasteiger partial charge is 0.162 e. The minimum atomic E-state index is 0.880. The van der Waals surface area contributed by atoms with Crippen molar-refractivity contribution in [3.8, 4) is 5.75 Å². The van der Waals surface area contributed by atoms with E-state index in [1.165, 1.54) is 0 Å². The molecule has 0 unspecified atom stereocenters. The Bertz CT molecular complexity index is 1530. The minimum absolute atomic E-state index is 0.880. The van der Waals surface area contributed by atoms with Crippen molar-refractivity contribution in [2.45, 2.75) is 0 Å². The molecule has 1 aromatic carbocycles. The normalized spacial score (nSPS) is 12.8. The summed E-state index contributed by atoms with van der Waals surface area (Å²) in [5.74, 6) is 0.880. The predicted octanol–water partition coefficient (Wildman–Crippen LogP) is 6.21. The summed E-state index contributed by atoms with van der Waals surface area (Å²) in [5, 5.41) is 0. The molecule has 3 aromatic heterocycles. The van der Waals surface area contributed by atoms with Crippen LogP contribution in [-0.4, -0.2) is 19.9 Å². The number of aromatic nitrogens is 4. The fourth-order valence-electron chi connectivity index (χ4n) is 3.88. The molecule has 0 spiro atoms. The summed E-state index contributed by atoms with van der Waals surface area (Å²) in [5.41, 5.74) is 11.6. The number of hydroxylamine groups is 1. The number of fused-ring (bicyclic) bond motifs is 9. The van der Waals surface area contributed by atoms with Crippen LogP contribution < -0.4 is 10.3 Å². The third-order valence-corrected chi connectivity index (χ3v) is 5.46. The average Bonchev–Trinajstić information content (AvgIpc) is 3.66. The van der Waals surface area contributed by atoms with E-state index in [-0.39, 0.29) is 0 Å². The number of hydrogen-bond acceptors (Lipinski definition) is 4. The minimum Gasteiger partial charge on any atom is -0.382 e. The Morgan fingerprint density at radius 1 is 0.529 bits per heavy atom. The second-order valence-electron chi connectivity index (χ2n) is 8.00. The molecule has 34 heavy (non-hydrogen) atoms. The van der Waals surface area contributed by atoms with Gasteiger partial charge in [0.05, 0.1) is 22.8 Å². The van der Waals surface area contributed by atoms with Crippen LogP contribution in [-0.2, 0) is 0 Å². The zero-order valence-electron chi connectivity index (χ0n) is 18.2. The van der Waals surface area contributed by atoms with E-state index in [4.69, 9.17) is 4.84 Å². The summed E-state index contributed by atoms with van der Waals surface area (Å²) in [6.07, 6.45) is 11.8. The van der Waals surface area contributed by atoms with Gasteiger partial charge < -0.3 is 14.8 Å². The van der Waals surface area contributed by atoms with E-state index in [1.807, 2.05) is 72.8 Å². The molecule has 164 valence electrons. The van der Waals surface area contributed by atoms with Crippen molar-refractivity contribution in [1.82, 2.24) is 25.4 Å². The fourth-order valence-corrected chi connectivity index (χ4v) is 3.88. The van der Waals surface area contributed by atoms with Gasteiger partial charge in [-0.2, -0.15) is 0 Å². The molecule has 6 heteroatoms. The highest BCUT2D eigenvalue weighted by molar-refractivity contribution is 5.77. The maximum atomic E-state index is 5.09. The maximum Gasteiger partial charge on any atom is 0.162 e. The topological polar surface area (TPSA) is 78.6 Å². The molecule has 3 N–H and O–H groups in total. The molecule has 7 rings (SSSR count). The van der Waals surface area contributed by atoms with Crippen LogP contribution in [0.2, 0.25) is 0 Å². The van der Waals surface area contributed by atoms with Gasteiger partial charge in [0.15, 0.2) is 5.75 Å². The molecular formula is C28H21N5O. The summed E-state index contributed by atoms with van der Waals surface area (Å²) < 4.78 is 0. The monoisotopic (exact) mass is 443 g/mol. The van der Waals surface area contributed by atoms with E-state index >= 15 is 0 Å². The Hall–Kier alpha value is -4.84. The molecule has 6 heterocycles. The van der Waals surface area contributed by atoms with Crippen LogP contribution in [0.15, 0.2) is 79.0 Å². The van der Waals surface area contributed by atoms with Gasteiger partial charge in [0, 0.05) is 33.8 Å². The van der Waals surface area contributed by atoms with E-state index in [9.17, 15) is 0 Å². The van der Waals surface area contributed by atoms with Gasteiger partial charge in [-0.25, -0.2) is 15.4 Å². The standard InChI is InChI=1S/C20H14N4.C8H7NO/c1-2-14-10-16-5-6-18(23-16)12-20-8-7-19(24-20)11-17-4-3-15(22-17)9-13(1)21-14;1-2-4-8-7(3-1)5-6-9-10-8/h1-12,21-22H;1-6,9H. The van der Waals surface area contributed by atoms with Crippen molar-refractivity contribution in [2.24, 2.45) is 0 Å². The lowest BCUT2D eigenvalue weighted by atomic mass is 10.2. The van der Waals surface area contributed by atoms with Crippen LogP contribution in [0.3, 0.4) is 0 Å². The number of H-pyrrole nitrogens is 2. The average molecular weight is 444 g/mol. The van der Waals surface area contributed by atoms with E-state index in [1.54, 1.807) is 6.20 Å². The highest BCUT2D eigenvalue weighted by Crippen LogP contribution is 2.20. The highest BCUT2D eigenvalue weighted by atomic mass is 16.6. The third-order valence-electron chi connectivity index (χ3n) is 5.46. The summed E-state index contributed by atoms with van der Waals surface area (Å²) in [4.78, 5) is 21.1. The van der Waals surface area contributed by atoms with Gasteiger partial charge in [0.25, 0.3) is 0 Å². The van der Waals surface area contributed by atoms with Gasteiger partial charge in [-0.1, -0.05) is 18.2 Å². The number of rotatable bonds is 0. The SMILES string of the molecule is C1=Cc2cc3ccc(cc4ccc(cc5nc(cc1n2)C=C5)[nH]4)[nH]3.C1=Cc2ccccc2ON1. The Balaban J connectivity index is 0.000000182. The second kappa shape index (κ2) is 8.60. The molecule has 4 aromatic rings. The van der Waals surface area contributed by atoms with E-state index in [0.717, 1.165) is 56.2 Å². The molecule has 3 aliphatic heterocycles. The molecule has 8 bridgehead atoms. The highest BCUT2D eigenvalue weighted by Gasteiger charge is 2.03. The lowest BCUT2D eigenvalue weighted by Gasteiger charge is -2.11. The van der Waals surface area contributed by atoms with Gasteiger partial charge in [-0.3, -0.25) is 0 Å². The zero-order chi connectivity index (χ0) is 22.7. The number of nitrogens with one attached hydrogen (secondary N) is 3. The van der Waals surface area contributed by atoms with E-state index in [0.29, 0.717) is 0 Å². The molecule has 0 amide bonds. The van der Waals surface area contributed by atoms with Crippen LogP contribution in [0.4, 0.5) is 0 Å². The molecule has 0 saturated heterocycles. The number of nitrogens with zero attached hydrogens (tertiary/aromatic N) is 2. The number of aromatic amines is 2. The third kappa shape index (κ3) is 4.38. The van der Waals surface area contributed by atoms with Gasteiger partial charge in [-0.15, -0.1) is 0 Å². The van der Waals surface area contributed by atoms with Crippen molar-refractivity contribution in [3.63, 3.8) is 0 Å². The van der Waals surface area contributed by atoms with Gasteiger partial charge in [0.2, 0.25) is 0 Å². The predicted molar refractivity (Wildman–Crippen MR) is 138 cm³/mol. The van der Waals surface area contributed by atoms with Crippen molar-refractivity contribution < 1.29 is 4.84 Å². The fraction of sp³-hybridized carbons (Fsp3) is 0. The largest absolute Gasteiger partial charge is 0.382 e. The Morgan fingerprint density at radius 2 is 1.06 bits per heavy atom. The first-order chi connectivity index (χ1) is 16.8.